The maximum Gasteiger partial charge on any atom is 0.416 e. The summed E-state index contributed by atoms with van der Waals surface area (Å²) in [6, 6.07) is 5.45. The Kier molecular flexibility index (Phi) is 10.7. The highest BCUT2D eigenvalue weighted by Gasteiger charge is 2.33. The number of aromatic nitrogens is 1. The first-order chi connectivity index (χ1) is 17.7. The number of ether oxygens (including phenoxy) is 1. The molecular formula is C27H36F3N3O3S. The summed E-state index contributed by atoms with van der Waals surface area (Å²) < 4.78 is 46.9. The summed E-state index contributed by atoms with van der Waals surface area (Å²) in [7, 11) is 0. The standard InChI is InChI=1S/C25H30F3N3O3S.C2H6/c1-16-17(3-2-4-21(16)25(26,27)28)14-30-24(33)20-15-31(18-7-11-34-12-8-18)23(32)13-22(20)35-19-5-9-29-10-6-19;1-2/h2-4,13,15,18-19,29H,5-12,14H2,1H3,(H,30,33);1-2H3. The van der Waals surface area contributed by atoms with Gasteiger partial charge in [0.05, 0.1) is 11.1 Å². The summed E-state index contributed by atoms with van der Waals surface area (Å²) in [6.45, 7) is 8.24. The zero-order valence-electron chi connectivity index (χ0n) is 21.6. The zero-order chi connectivity index (χ0) is 27.0. The maximum atomic E-state index is 13.3. The number of hydrogen-bond acceptors (Lipinski definition) is 5. The molecular weight excluding hydrogens is 503 g/mol. The number of amides is 1. The number of benzene rings is 1. The molecule has 1 aromatic heterocycles. The van der Waals surface area contributed by atoms with E-state index in [9.17, 15) is 22.8 Å². The van der Waals surface area contributed by atoms with Crippen LogP contribution in [0.3, 0.4) is 0 Å². The number of hydrogen-bond donors (Lipinski definition) is 2. The lowest BCUT2D eigenvalue weighted by Gasteiger charge is -2.26. The Balaban J connectivity index is 0.00000186. The normalized spacial score (nSPS) is 17.1. The number of nitrogens with one attached hydrogen (secondary N) is 2. The first kappa shape index (κ1) is 29.3. The number of thioether (sulfide) groups is 1. The van der Waals surface area contributed by atoms with Gasteiger partial charge in [0.25, 0.3) is 11.5 Å². The number of halogens is 3. The Morgan fingerprint density at radius 3 is 2.49 bits per heavy atom. The molecule has 6 nitrogen and oxygen atoms in total. The van der Waals surface area contributed by atoms with Gasteiger partial charge in [0.15, 0.2) is 0 Å². The van der Waals surface area contributed by atoms with Crippen molar-refractivity contribution in [3.63, 3.8) is 0 Å². The van der Waals surface area contributed by atoms with E-state index in [1.807, 2.05) is 13.8 Å². The van der Waals surface area contributed by atoms with Crippen LogP contribution in [0.4, 0.5) is 13.2 Å². The van der Waals surface area contributed by atoms with Gasteiger partial charge in [-0.1, -0.05) is 26.0 Å². The van der Waals surface area contributed by atoms with E-state index in [-0.39, 0.29) is 29.0 Å². The van der Waals surface area contributed by atoms with Gasteiger partial charge in [-0.3, -0.25) is 9.59 Å². The summed E-state index contributed by atoms with van der Waals surface area (Å²) in [4.78, 5) is 26.9. The van der Waals surface area contributed by atoms with E-state index in [0.29, 0.717) is 42.1 Å². The predicted octanol–water partition coefficient (Wildman–Crippen LogP) is 5.33. The van der Waals surface area contributed by atoms with Crippen molar-refractivity contribution in [2.45, 2.75) is 75.4 Å². The van der Waals surface area contributed by atoms with Gasteiger partial charge in [-0.05, 0) is 62.9 Å². The summed E-state index contributed by atoms with van der Waals surface area (Å²) in [5.74, 6) is -0.404. The van der Waals surface area contributed by atoms with Crippen LogP contribution in [0.1, 0.15) is 72.6 Å². The average Bonchev–Trinajstić information content (AvgIpc) is 2.89. The lowest BCUT2D eigenvalue weighted by Crippen LogP contribution is -2.32. The lowest BCUT2D eigenvalue weighted by molar-refractivity contribution is -0.138. The molecule has 2 N–H and O–H groups in total. The van der Waals surface area contributed by atoms with Crippen molar-refractivity contribution < 1.29 is 22.7 Å². The maximum absolute atomic E-state index is 13.3. The molecule has 0 bridgehead atoms. The van der Waals surface area contributed by atoms with Crippen molar-refractivity contribution in [2.24, 2.45) is 0 Å². The van der Waals surface area contributed by atoms with Crippen LogP contribution in [0.25, 0.3) is 0 Å². The number of carbonyl (C=O) groups is 1. The van der Waals surface area contributed by atoms with Crippen molar-refractivity contribution >= 4 is 17.7 Å². The first-order valence-corrected chi connectivity index (χ1v) is 13.8. The molecule has 2 fully saturated rings. The van der Waals surface area contributed by atoms with Gasteiger partial charge in [-0.15, -0.1) is 11.8 Å². The fourth-order valence-corrected chi connectivity index (χ4v) is 5.86. The molecule has 4 rings (SSSR count). The van der Waals surface area contributed by atoms with Crippen molar-refractivity contribution in [2.75, 3.05) is 26.3 Å². The van der Waals surface area contributed by atoms with Gasteiger partial charge in [-0.2, -0.15) is 13.2 Å². The predicted molar refractivity (Wildman–Crippen MR) is 140 cm³/mol. The van der Waals surface area contributed by atoms with Crippen LogP contribution in [-0.2, 0) is 17.5 Å². The quantitative estimate of drug-likeness (QED) is 0.520. The number of pyridine rings is 1. The van der Waals surface area contributed by atoms with Gasteiger partial charge in [0, 0.05) is 48.2 Å². The van der Waals surface area contributed by atoms with Gasteiger partial charge >= 0.3 is 6.18 Å². The number of piperidine rings is 1. The van der Waals surface area contributed by atoms with Gasteiger partial charge < -0.3 is 19.9 Å². The number of alkyl halides is 3. The van der Waals surface area contributed by atoms with E-state index in [0.717, 1.165) is 32.0 Å². The van der Waals surface area contributed by atoms with Crippen LogP contribution < -0.4 is 16.2 Å². The second-order valence-electron chi connectivity index (χ2n) is 8.98. The van der Waals surface area contributed by atoms with Crippen LogP contribution in [-0.4, -0.2) is 42.0 Å². The molecule has 2 aliphatic rings. The highest BCUT2D eigenvalue weighted by molar-refractivity contribution is 8.00. The molecule has 2 aliphatic heterocycles. The molecule has 3 heterocycles. The van der Waals surface area contributed by atoms with Gasteiger partial charge in [0.2, 0.25) is 0 Å². The largest absolute Gasteiger partial charge is 0.416 e. The Morgan fingerprint density at radius 2 is 1.84 bits per heavy atom. The summed E-state index contributed by atoms with van der Waals surface area (Å²) in [5, 5.41) is 6.38. The minimum Gasteiger partial charge on any atom is -0.381 e. The molecule has 1 amide bonds. The molecule has 204 valence electrons. The van der Waals surface area contributed by atoms with E-state index in [2.05, 4.69) is 10.6 Å². The van der Waals surface area contributed by atoms with E-state index >= 15 is 0 Å². The fraction of sp³-hybridized carbons (Fsp3) is 0.556. The Labute approximate surface area is 220 Å². The highest BCUT2D eigenvalue weighted by Crippen LogP contribution is 2.34. The van der Waals surface area contributed by atoms with Crippen molar-refractivity contribution in [1.82, 2.24) is 15.2 Å². The average molecular weight is 540 g/mol. The third-order valence-electron chi connectivity index (χ3n) is 6.64. The van der Waals surface area contributed by atoms with Crippen LogP contribution in [0.2, 0.25) is 0 Å². The molecule has 0 spiro atoms. The molecule has 10 heteroatoms. The monoisotopic (exact) mass is 539 g/mol. The minimum atomic E-state index is -4.46. The highest BCUT2D eigenvalue weighted by atomic mass is 32.2. The Hall–Kier alpha value is -2.30. The van der Waals surface area contributed by atoms with Crippen molar-refractivity contribution in [1.29, 1.82) is 0 Å². The smallest absolute Gasteiger partial charge is 0.381 e. The SMILES string of the molecule is CC.Cc1c(CNC(=O)c2cn(C3CCOCC3)c(=O)cc2SC2CCNCC2)cccc1C(F)(F)F. The van der Waals surface area contributed by atoms with E-state index < -0.39 is 17.6 Å². The second-order valence-corrected chi connectivity index (χ2v) is 10.3. The molecule has 0 unspecified atom stereocenters. The summed E-state index contributed by atoms with van der Waals surface area (Å²) in [6.07, 6.45) is 0.394. The van der Waals surface area contributed by atoms with Crippen LogP contribution in [0.5, 0.6) is 0 Å². The Morgan fingerprint density at radius 1 is 1.16 bits per heavy atom. The number of carbonyl (C=O) groups excluding carboxylic acids is 1. The molecule has 2 saturated heterocycles. The topological polar surface area (TPSA) is 72.4 Å². The number of nitrogens with zero attached hydrogens (tertiary/aromatic N) is 1. The lowest BCUT2D eigenvalue weighted by atomic mass is 10.0. The third kappa shape index (κ3) is 7.61. The molecule has 1 aromatic carbocycles. The molecule has 37 heavy (non-hydrogen) atoms. The molecule has 0 saturated carbocycles. The van der Waals surface area contributed by atoms with Gasteiger partial charge in [-0.25, -0.2) is 0 Å². The number of rotatable bonds is 6. The van der Waals surface area contributed by atoms with E-state index in [1.165, 1.54) is 30.8 Å². The van der Waals surface area contributed by atoms with E-state index in [1.54, 1.807) is 16.8 Å². The van der Waals surface area contributed by atoms with Crippen molar-refractivity contribution in [3.05, 3.63) is 63.1 Å². The molecule has 0 radical (unpaired) electrons. The van der Waals surface area contributed by atoms with E-state index in [4.69, 9.17) is 4.74 Å². The summed E-state index contributed by atoms with van der Waals surface area (Å²) in [5.41, 5.74) is 0.0117. The Bertz CT molecular complexity index is 1110. The molecule has 0 atom stereocenters. The zero-order valence-corrected chi connectivity index (χ0v) is 22.4. The second kappa shape index (κ2) is 13.5. The molecule has 2 aromatic rings. The van der Waals surface area contributed by atoms with Crippen molar-refractivity contribution in [3.8, 4) is 0 Å². The minimum absolute atomic E-state index is 0.0392. The fourth-order valence-electron chi connectivity index (χ4n) is 4.59. The van der Waals surface area contributed by atoms with Crippen LogP contribution in [0, 0.1) is 6.92 Å². The van der Waals surface area contributed by atoms with Crippen LogP contribution in [0.15, 0.2) is 40.2 Å². The molecule has 0 aliphatic carbocycles. The first-order valence-electron chi connectivity index (χ1n) is 12.9. The van der Waals surface area contributed by atoms with Crippen LogP contribution >= 0.6 is 11.8 Å². The van der Waals surface area contributed by atoms with Gasteiger partial charge in [0.1, 0.15) is 0 Å². The third-order valence-corrected chi connectivity index (χ3v) is 8.04. The summed E-state index contributed by atoms with van der Waals surface area (Å²) >= 11 is 1.53.